The van der Waals surface area contributed by atoms with Crippen molar-refractivity contribution in [3.63, 3.8) is 0 Å². The third kappa shape index (κ3) is 4.23. The van der Waals surface area contributed by atoms with E-state index in [1.807, 2.05) is 29.2 Å². The zero-order valence-corrected chi connectivity index (χ0v) is 16.3. The number of esters is 1. The van der Waals surface area contributed by atoms with Gasteiger partial charge in [-0.15, -0.1) is 0 Å². The highest BCUT2D eigenvalue weighted by atomic mass is 16.5. The van der Waals surface area contributed by atoms with Gasteiger partial charge in [-0.3, -0.25) is 14.9 Å². The molecule has 0 bridgehead atoms. The second kappa shape index (κ2) is 7.94. The van der Waals surface area contributed by atoms with Crippen LogP contribution in [0.15, 0.2) is 39.3 Å². The quantitative estimate of drug-likeness (QED) is 0.653. The summed E-state index contributed by atoms with van der Waals surface area (Å²) in [6.07, 6.45) is 0.281. The monoisotopic (exact) mass is 398 g/mol. The molecule has 0 spiro atoms. The van der Waals surface area contributed by atoms with Crippen LogP contribution >= 0.6 is 0 Å². The number of hydrogen-bond donors (Lipinski definition) is 1. The lowest BCUT2D eigenvalue weighted by Gasteiger charge is -2.30. The molecule has 1 saturated heterocycles. The van der Waals surface area contributed by atoms with Crippen LogP contribution in [0.5, 0.6) is 0 Å². The number of anilines is 2. The first-order valence-corrected chi connectivity index (χ1v) is 9.55. The highest BCUT2D eigenvalue weighted by molar-refractivity contribution is 5.94. The number of para-hydroxylation sites is 2. The van der Waals surface area contributed by atoms with E-state index in [1.54, 1.807) is 13.0 Å². The van der Waals surface area contributed by atoms with Crippen molar-refractivity contribution in [2.75, 3.05) is 23.3 Å². The van der Waals surface area contributed by atoms with Gasteiger partial charge in [0.2, 0.25) is 5.88 Å². The van der Waals surface area contributed by atoms with E-state index in [-0.39, 0.29) is 17.8 Å². The molecule has 0 aliphatic carbocycles. The number of hydrogen-bond acceptors (Lipinski definition) is 8. The fourth-order valence-corrected chi connectivity index (χ4v) is 3.27. The Balaban J connectivity index is 1.28. The van der Waals surface area contributed by atoms with Gasteiger partial charge in [-0.2, -0.15) is 4.98 Å². The third-order valence-electron chi connectivity index (χ3n) is 4.92. The number of benzene rings is 1. The first-order chi connectivity index (χ1) is 14.0. The van der Waals surface area contributed by atoms with Crippen LogP contribution < -0.4 is 10.2 Å². The molecule has 1 aliphatic heterocycles. The van der Waals surface area contributed by atoms with Crippen LogP contribution in [-0.2, 0) is 14.3 Å². The van der Waals surface area contributed by atoms with Crippen LogP contribution in [-0.4, -0.2) is 41.2 Å². The maximum Gasteiger partial charge on any atom is 0.309 e. The standard InChI is InChI=1S/C20H22N4O5/c1-12-11-17(29-23-12)22-18(25)13(2)27-19(26)14-7-9-24(10-8-14)20-21-15-5-3-4-6-16(15)28-20/h3-6,11,13-14H,7-10H2,1-2H3,(H,22,25). The van der Waals surface area contributed by atoms with Crippen molar-refractivity contribution in [3.8, 4) is 0 Å². The topological polar surface area (TPSA) is 111 Å². The van der Waals surface area contributed by atoms with Gasteiger partial charge in [-0.1, -0.05) is 17.3 Å². The van der Waals surface area contributed by atoms with Crippen LogP contribution in [0.4, 0.5) is 11.9 Å². The first kappa shape index (κ1) is 19.0. The molecule has 29 heavy (non-hydrogen) atoms. The number of amides is 1. The van der Waals surface area contributed by atoms with Gasteiger partial charge in [0.1, 0.15) is 5.52 Å². The maximum absolute atomic E-state index is 12.5. The molecule has 1 unspecified atom stereocenters. The van der Waals surface area contributed by atoms with E-state index >= 15 is 0 Å². The summed E-state index contributed by atoms with van der Waals surface area (Å²) in [5.74, 6) is -0.877. The Hall–Kier alpha value is -3.36. The largest absolute Gasteiger partial charge is 0.452 e. The Bertz CT molecular complexity index is 986. The minimum atomic E-state index is -0.928. The number of fused-ring (bicyclic) bond motifs is 1. The van der Waals surface area contributed by atoms with Gasteiger partial charge < -0.3 is 18.6 Å². The molecule has 1 fully saturated rings. The van der Waals surface area contributed by atoms with E-state index in [9.17, 15) is 9.59 Å². The minimum Gasteiger partial charge on any atom is -0.452 e. The van der Waals surface area contributed by atoms with E-state index in [0.717, 1.165) is 11.1 Å². The van der Waals surface area contributed by atoms with Gasteiger partial charge in [0.05, 0.1) is 11.6 Å². The molecular formula is C20H22N4O5. The maximum atomic E-state index is 12.5. The number of rotatable bonds is 5. The van der Waals surface area contributed by atoms with Crippen molar-refractivity contribution < 1.29 is 23.3 Å². The number of oxazole rings is 1. The van der Waals surface area contributed by atoms with Crippen molar-refractivity contribution in [2.45, 2.75) is 32.8 Å². The minimum absolute atomic E-state index is 0.224. The second-order valence-electron chi connectivity index (χ2n) is 7.13. The van der Waals surface area contributed by atoms with Crippen molar-refractivity contribution >= 4 is 34.9 Å². The number of ether oxygens (including phenoxy) is 1. The van der Waals surface area contributed by atoms with Gasteiger partial charge in [0.25, 0.3) is 11.9 Å². The molecule has 4 rings (SSSR count). The van der Waals surface area contributed by atoms with Crippen LogP contribution in [0.3, 0.4) is 0 Å². The van der Waals surface area contributed by atoms with Crippen molar-refractivity contribution in [1.82, 2.24) is 10.1 Å². The van der Waals surface area contributed by atoms with Crippen LogP contribution in [0.25, 0.3) is 11.1 Å². The molecule has 2 aromatic heterocycles. The van der Waals surface area contributed by atoms with Gasteiger partial charge in [-0.05, 0) is 38.8 Å². The highest BCUT2D eigenvalue weighted by Crippen LogP contribution is 2.27. The molecular weight excluding hydrogens is 376 g/mol. The molecule has 1 aromatic carbocycles. The summed E-state index contributed by atoms with van der Waals surface area (Å²) in [7, 11) is 0. The van der Waals surface area contributed by atoms with Crippen molar-refractivity contribution in [3.05, 3.63) is 36.0 Å². The fourth-order valence-electron chi connectivity index (χ4n) is 3.27. The van der Waals surface area contributed by atoms with Gasteiger partial charge in [-0.25, -0.2) is 0 Å². The van der Waals surface area contributed by atoms with Crippen molar-refractivity contribution in [1.29, 1.82) is 0 Å². The molecule has 0 saturated carbocycles. The van der Waals surface area contributed by atoms with Crippen molar-refractivity contribution in [2.24, 2.45) is 5.92 Å². The second-order valence-corrected chi connectivity index (χ2v) is 7.13. The average Bonchev–Trinajstić information content (AvgIpc) is 3.33. The lowest BCUT2D eigenvalue weighted by atomic mass is 9.97. The molecule has 1 aliphatic rings. The molecule has 0 radical (unpaired) electrons. The Labute approximate surface area is 167 Å². The predicted molar refractivity (Wildman–Crippen MR) is 104 cm³/mol. The number of nitrogens with zero attached hydrogens (tertiary/aromatic N) is 3. The lowest BCUT2D eigenvalue weighted by molar-refractivity contribution is -0.158. The fraction of sp³-hybridized carbons (Fsp3) is 0.400. The summed E-state index contributed by atoms with van der Waals surface area (Å²) >= 11 is 0. The molecule has 152 valence electrons. The highest BCUT2D eigenvalue weighted by Gasteiger charge is 2.30. The van der Waals surface area contributed by atoms with Gasteiger partial charge >= 0.3 is 5.97 Å². The van der Waals surface area contributed by atoms with Crippen LogP contribution in [0.2, 0.25) is 0 Å². The summed E-state index contributed by atoms with van der Waals surface area (Å²) in [6.45, 7) is 4.54. The molecule has 1 atom stereocenters. The molecule has 3 aromatic rings. The Kier molecular flexibility index (Phi) is 5.20. The van der Waals surface area contributed by atoms with E-state index < -0.39 is 12.0 Å². The predicted octanol–water partition coefficient (Wildman–Crippen LogP) is 2.91. The Morgan fingerprint density at radius 2 is 2.03 bits per heavy atom. The first-order valence-electron chi connectivity index (χ1n) is 9.55. The summed E-state index contributed by atoms with van der Waals surface area (Å²) in [5.41, 5.74) is 2.20. The van der Waals surface area contributed by atoms with Gasteiger partial charge in [0.15, 0.2) is 11.7 Å². The molecule has 9 heteroatoms. The van der Waals surface area contributed by atoms with Crippen LogP contribution in [0, 0.1) is 12.8 Å². The Morgan fingerprint density at radius 1 is 1.28 bits per heavy atom. The van der Waals surface area contributed by atoms with E-state index in [1.165, 1.54) is 6.92 Å². The zero-order valence-electron chi connectivity index (χ0n) is 16.3. The van der Waals surface area contributed by atoms with Gasteiger partial charge in [0, 0.05) is 19.2 Å². The SMILES string of the molecule is Cc1cc(NC(=O)C(C)OC(=O)C2CCN(c3nc4ccccc4o3)CC2)on1. The number of carbonyl (C=O) groups excluding carboxylic acids is 2. The Morgan fingerprint density at radius 3 is 2.72 bits per heavy atom. The summed E-state index contributed by atoms with van der Waals surface area (Å²) in [5, 5.41) is 6.23. The number of aryl methyl sites for hydroxylation is 1. The number of piperidine rings is 1. The summed E-state index contributed by atoms with van der Waals surface area (Å²) in [4.78, 5) is 31.1. The van der Waals surface area contributed by atoms with Crippen LogP contribution in [0.1, 0.15) is 25.5 Å². The van der Waals surface area contributed by atoms with E-state index in [2.05, 4.69) is 15.5 Å². The smallest absolute Gasteiger partial charge is 0.309 e. The molecule has 1 amide bonds. The molecule has 1 N–H and O–H groups in total. The average molecular weight is 398 g/mol. The number of carbonyl (C=O) groups is 2. The normalized spacial score (nSPS) is 16.0. The van der Waals surface area contributed by atoms with E-state index in [0.29, 0.717) is 37.6 Å². The number of aromatic nitrogens is 2. The summed E-state index contributed by atoms with van der Waals surface area (Å²) < 4.78 is 16.1. The third-order valence-corrected chi connectivity index (χ3v) is 4.92. The lowest BCUT2D eigenvalue weighted by Crippen LogP contribution is -2.39. The van der Waals surface area contributed by atoms with E-state index in [4.69, 9.17) is 13.7 Å². The molecule has 9 nitrogen and oxygen atoms in total. The molecule has 3 heterocycles. The summed E-state index contributed by atoms with van der Waals surface area (Å²) in [6, 6.07) is 9.75. The number of nitrogens with one attached hydrogen (secondary N) is 1. The zero-order chi connectivity index (χ0) is 20.4.